The van der Waals surface area contributed by atoms with Crippen LogP contribution in [0.25, 0.3) is 11.3 Å². The molecule has 0 spiro atoms. The first-order valence-electron chi connectivity index (χ1n) is 6.57. The summed E-state index contributed by atoms with van der Waals surface area (Å²) < 4.78 is 26.0. The van der Waals surface area contributed by atoms with Crippen molar-refractivity contribution in [2.24, 2.45) is 5.73 Å². The van der Waals surface area contributed by atoms with Crippen LogP contribution < -0.4 is 15.2 Å². The molecule has 0 aliphatic carbocycles. The zero-order chi connectivity index (χ0) is 13.7. The predicted octanol–water partition coefficient (Wildman–Crippen LogP) is 2.02. The van der Waals surface area contributed by atoms with Crippen LogP contribution in [0.2, 0.25) is 0 Å². The van der Waals surface area contributed by atoms with Crippen LogP contribution in [-0.4, -0.2) is 22.5 Å². The second-order valence-corrected chi connectivity index (χ2v) is 5.14. The van der Waals surface area contributed by atoms with Crippen molar-refractivity contribution < 1.29 is 13.9 Å². The Morgan fingerprint density at radius 1 is 1.30 bits per heavy atom. The van der Waals surface area contributed by atoms with E-state index in [0.717, 1.165) is 22.8 Å². The number of hydrogen-bond donors (Lipinski definition) is 1. The Kier molecular flexibility index (Phi) is 2.47. The van der Waals surface area contributed by atoms with Crippen LogP contribution in [0.15, 0.2) is 24.4 Å². The number of halogens is 1. The number of hydrogen-bond acceptors (Lipinski definition) is 4. The average Bonchev–Trinajstić information content (AvgIpc) is 3.03. The van der Waals surface area contributed by atoms with E-state index in [0.29, 0.717) is 18.7 Å². The lowest BCUT2D eigenvalue weighted by Crippen LogP contribution is -2.29. The highest BCUT2D eigenvalue weighted by molar-refractivity contribution is 5.64. The van der Waals surface area contributed by atoms with Crippen LogP contribution in [0.1, 0.15) is 18.3 Å². The maximum absolute atomic E-state index is 13.5. The van der Waals surface area contributed by atoms with Gasteiger partial charge in [0.25, 0.3) is 0 Å². The molecule has 2 aromatic rings. The van der Waals surface area contributed by atoms with E-state index in [9.17, 15) is 4.39 Å². The van der Waals surface area contributed by atoms with Gasteiger partial charge in [-0.2, -0.15) is 0 Å². The first-order chi connectivity index (χ1) is 9.70. The summed E-state index contributed by atoms with van der Waals surface area (Å²) in [6.07, 6.45) is 1.27. The maximum atomic E-state index is 13.5. The second kappa shape index (κ2) is 4.21. The molecule has 4 rings (SSSR count). The monoisotopic (exact) mass is 275 g/mol. The van der Waals surface area contributed by atoms with Crippen molar-refractivity contribution in [1.82, 2.24) is 9.55 Å². The van der Waals surface area contributed by atoms with Crippen LogP contribution in [0.5, 0.6) is 11.5 Å². The first-order valence-corrected chi connectivity index (χ1v) is 6.57. The number of imidazole rings is 1. The van der Waals surface area contributed by atoms with Gasteiger partial charge in [-0.25, -0.2) is 9.37 Å². The Morgan fingerprint density at radius 2 is 2.15 bits per heavy atom. The summed E-state index contributed by atoms with van der Waals surface area (Å²) in [6.45, 7) is 0.563. The van der Waals surface area contributed by atoms with Gasteiger partial charge in [0.15, 0.2) is 11.5 Å². The van der Waals surface area contributed by atoms with Gasteiger partial charge in [0.1, 0.15) is 12.0 Å². The van der Waals surface area contributed by atoms with Crippen LogP contribution in [-0.2, 0) is 6.54 Å². The molecule has 6 heteroatoms. The number of nitrogens with two attached hydrogens (primary N) is 1. The Labute approximate surface area is 115 Å². The van der Waals surface area contributed by atoms with E-state index in [1.54, 1.807) is 4.57 Å². The van der Waals surface area contributed by atoms with Crippen LogP contribution in [0.3, 0.4) is 0 Å². The molecule has 20 heavy (non-hydrogen) atoms. The van der Waals surface area contributed by atoms with E-state index >= 15 is 0 Å². The predicted molar refractivity (Wildman–Crippen MR) is 70.2 cm³/mol. The molecular weight excluding hydrogens is 261 g/mol. The van der Waals surface area contributed by atoms with E-state index in [4.69, 9.17) is 15.2 Å². The van der Waals surface area contributed by atoms with Crippen LogP contribution in [0.4, 0.5) is 4.39 Å². The summed E-state index contributed by atoms with van der Waals surface area (Å²) in [5, 5.41) is 0. The molecule has 5 nitrogen and oxygen atoms in total. The summed E-state index contributed by atoms with van der Waals surface area (Å²) in [7, 11) is 0. The van der Waals surface area contributed by atoms with Gasteiger partial charge in [-0.1, -0.05) is 0 Å². The highest BCUT2D eigenvalue weighted by atomic mass is 19.1. The second-order valence-electron chi connectivity index (χ2n) is 5.14. The summed E-state index contributed by atoms with van der Waals surface area (Å²) in [6, 6.07) is 5.31. The van der Waals surface area contributed by atoms with Crippen molar-refractivity contribution in [3.8, 4) is 22.8 Å². The fraction of sp³-hybridized carbons (Fsp3) is 0.357. The fourth-order valence-corrected chi connectivity index (χ4v) is 2.74. The largest absolute Gasteiger partial charge is 0.454 e. The number of fused-ring (bicyclic) bond motifs is 2. The minimum absolute atomic E-state index is 0.243. The molecule has 2 aliphatic heterocycles. The fourth-order valence-electron chi connectivity index (χ4n) is 2.74. The number of nitrogens with zero attached hydrogens (tertiary/aromatic N) is 2. The molecule has 2 unspecified atom stereocenters. The molecule has 0 fully saturated rings. The topological polar surface area (TPSA) is 62.3 Å². The summed E-state index contributed by atoms with van der Waals surface area (Å²) >= 11 is 0. The quantitative estimate of drug-likeness (QED) is 0.865. The van der Waals surface area contributed by atoms with Gasteiger partial charge >= 0.3 is 0 Å². The molecule has 1 aromatic heterocycles. The number of rotatable bonds is 1. The molecule has 2 aliphatic rings. The highest BCUT2D eigenvalue weighted by Crippen LogP contribution is 2.36. The molecule has 104 valence electrons. The van der Waals surface area contributed by atoms with Crippen molar-refractivity contribution in [2.75, 3.05) is 6.79 Å². The smallest absolute Gasteiger partial charge is 0.231 e. The first kappa shape index (κ1) is 11.7. The minimum atomic E-state index is -0.906. The Hall–Kier alpha value is -2.08. The molecule has 0 radical (unpaired) electrons. The average molecular weight is 275 g/mol. The summed E-state index contributed by atoms with van der Waals surface area (Å²) in [5.74, 6) is 2.19. The zero-order valence-electron chi connectivity index (χ0n) is 10.8. The van der Waals surface area contributed by atoms with Gasteiger partial charge in [0.05, 0.1) is 18.3 Å². The maximum Gasteiger partial charge on any atom is 0.231 e. The van der Waals surface area contributed by atoms with Gasteiger partial charge in [0.2, 0.25) is 6.79 Å². The van der Waals surface area contributed by atoms with Crippen molar-refractivity contribution >= 4 is 0 Å². The van der Waals surface area contributed by atoms with E-state index < -0.39 is 6.17 Å². The van der Waals surface area contributed by atoms with E-state index in [-0.39, 0.29) is 12.8 Å². The van der Waals surface area contributed by atoms with Crippen LogP contribution in [0, 0.1) is 0 Å². The van der Waals surface area contributed by atoms with Gasteiger partial charge in [0, 0.05) is 18.2 Å². The SMILES string of the molecule is NC1CC(F)Cn2cc(-c3ccc4c(c3)OCO4)nc21. The number of aromatic nitrogens is 2. The van der Waals surface area contributed by atoms with Gasteiger partial charge in [-0.3, -0.25) is 0 Å². The van der Waals surface area contributed by atoms with Crippen molar-refractivity contribution in [2.45, 2.75) is 25.2 Å². The number of benzene rings is 1. The standard InChI is InChI=1S/C14H14FN3O2/c15-9-4-10(16)14-17-11(6-18(14)5-9)8-1-2-12-13(3-8)20-7-19-12/h1-3,6,9-10H,4-5,7,16H2. The van der Waals surface area contributed by atoms with Crippen molar-refractivity contribution in [3.05, 3.63) is 30.2 Å². The molecule has 0 bridgehead atoms. The third-order valence-electron chi connectivity index (χ3n) is 3.71. The summed E-state index contributed by atoms with van der Waals surface area (Å²) in [5.41, 5.74) is 7.65. The Bertz CT molecular complexity index is 670. The van der Waals surface area contributed by atoms with Crippen molar-refractivity contribution in [3.63, 3.8) is 0 Å². The molecule has 1 aromatic carbocycles. The number of alkyl halides is 1. The van der Waals surface area contributed by atoms with E-state index in [1.807, 2.05) is 24.4 Å². The van der Waals surface area contributed by atoms with E-state index in [2.05, 4.69) is 4.98 Å². The van der Waals surface area contributed by atoms with Gasteiger partial charge in [-0.05, 0) is 18.2 Å². The molecule has 2 atom stereocenters. The normalized spacial score (nSPS) is 23.7. The molecule has 0 saturated carbocycles. The Morgan fingerprint density at radius 3 is 3.05 bits per heavy atom. The number of ether oxygens (including phenoxy) is 2. The lowest BCUT2D eigenvalue weighted by atomic mass is 10.1. The lowest BCUT2D eigenvalue weighted by Gasteiger charge is -2.22. The molecular formula is C14H14FN3O2. The minimum Gasteiger partial charge on any atom is -0.454 e. The molecule has 0 amide bonds. The molecule has 0 saturated heterocycles. The van der Waals surface area contributed by atoms with Crippen molar-refractivity contribution in [1.29, 1.82) is 0 Å². The van der Waals surface area contributed by atoms with Gasteiger partial charge < -0.3 is 19.8 Å². The lowest BCUT2D eigenvalue weighted by molar-refractivity contribution is 0.174. The molecule has 3 heterocycles. The third kappa shape index (κ3) is 1.76. The third-order valence-corrected chi connectivity index (χ3v) is 3.71. The van der Waals surface area contributed by atoms with Gasteiger partial charge in [-0.15, -0.1) is 0 Å². The summed E-state index contributed by atoms with van der Waals surface area (Å²) in [4.78, 5) is 4.54. The van der Waals surface area contributed by atoms with Crippen LogP contribution >= 0.6 is 0 Å². The highest BCUT2D eigenvalue weighted by Gasteiger charge is 2.27. The molecule has 2 N–H and O–H groups in total. The Balaban J connectivity index is 1.75. The van der Waals surface area contributed by atoms with E-state index in [1.165, 1.54) is 0 Å². The zero-order valence-corrected chi connectivity index (χ0v) is 10.8.